The number of phenols is 2. The Kier molecular flexibility index (Phi) is 26.4. The van der Waals surface area contributed by atoms with E-state index in [2.05, 4.69) is 47.9 Å². The summed E-state index contributed by atoms with van der Waals surface area (Å²) < 4.78 is 0. The molecule has 0 saturated carbocycles. The molecule has 0 radical (unpaired) electrons. The maximum Gasteiger partial charge on any atom is 0.326 e. The van der Waals surface area contributed by atoms with Gasteiger partial charge < -0.3 is 95.1 Å². The Hall–Kier alpha value is -8.97. The van der Waals surface area contributed by atoms with E-state index in [1.54, 1.807) is 0 Å². The summed E-state index contributed by atoms with van der Waals surface area (Å²) in [5, 5.41) is 87.2. The van der Waals surface area contributed by atoms with E-state index in [9.17, 15) is 98.1 Å². The molecule has 0 aliphatic carbocycles. The van der Waals surface area contributed by atoms with Crippen LogP contribution in [0.3, 0.4) is 0 Å². The summed E-state index contributed by atoms with van der Waals surface area (Å²) in [5.41, 5.74) is 11.4. The third kappa shape index (κ3) is 23.4. The first-order chi connectivity index (χ1) is 36.1. The third-order valence-electron chi connectivity index (χ3n) is 10.8. The van der Waals surface area contributed by atoms with Gasteiger partial charge in [0.25, 0.3) is 0 Å². The molecule has 422 valence electrons. The van der Waals surface area contributed by atoms with Crippen molar-refractivity contribution in [1.29, 1.82) is 0 Å². The van der Waals surface area contributed by atoms with Crippen molar-refractivity contribution in [3.63, 3.8) is 0 Å². The molecular formula is C46H63N11O20. The Labute approximate surface area is 437 Å². The quantitative estimate of drug-likeness (QED) is 0.0316. The molecule has 0 aromatic heterocycles. The molecule has 10 amide bonds. The van der Waals surface area contributed by atoms with Crippen LogP contribution in [-0.2, 0) is 75.2 Å². The first-order valence-electron chi connectivity index (χ1n) is 23.3. The lowest BCUT2D eigenvalue weighted by molar-refractivity contribution is -0.142. The van der Waals surface area contributed by atoms with E-state index in [4.69, 9.17) is 11.5 Å². The van der Waals surface area contributed by atoms with Crippen LogP contribution in [0, 0.1) is 5.92 Å². The van der Waals surface area contributed by atoms with Crippen LogP contribution in [0.1, 0.15) is 50.7 Å². The highest BCUT2D eigenvalue weighted by atomic mass is 16.4. The first-order valence-corrected chi connectivity index (χ1v) is 23.3. The van der Waals surface area contributed by atoms with Crippen LogP contribution in [0.5, 0.6) is 11.5 Å². The highest BCUT2D eigenvalue weighted by Crippen LogP contribution is 2.14. The van der Waals surface area contributed by atoms with Crippen LogP contribution in [0.4, 0.5) is 0 Å². The molecule has 2 aromatic carbocycles. The lowest BCUT2D eigenvalue weighted by Gasteiger charge is -2.28. The van der Waals surface area contributed by atoms with Gasteiger partial charge in [0.1, 0.15) is 53.8 Å². The van der Waals surface area contributed by atoms with Crippen LogP contribution in [0.15, 0.2) is 48.5 Å². The number of benzene rings is 2. The summed E-state index contributed by atoms with van der Waals surface area (Å²) in [5.74, 6) is -17.1. The van der Waals surface area contributed by atoms with Gasteiger partial charge in [0.05, 0.1) is 45.2 Å². The number of primary amides is 1. The van der Waals surface area contributed by atoms with Gasteiger partial charge in [-0.25, -0.2) is 4.79 Å². The van der Waals surface area contributed by atoms with Crippen molar-refractivity contribution in [3.05, 3.63) is 59.7 Å². The molecule has 0 spiro atoms. The average molecular weight is 1090 g/mol. The van der Waals surface area contributed by atoms with Crippen molar-refractivity contribution in [2.24, 2.45) is 17.4 Å². The van der Waals surface area contributed by atoms with Crippen molar-refractivity contribution < 1.29 is 98.1 Å². The topological polar surface area (TPSA) is 524 Å². The molecule has 0 aliphatic rings. The standard InChI is InChI=1S/C46H63N11O20/c1-21(2)38(57-44(74)32(20-59)56-39(69)26(47)11-12-33(48)62)45(75)54-29(16-37(67)68)42(72)52-27(13-22-3-7-24(60)8-4-22)41(71)53-28(15-36(65)66)40(70)50-17-34(63)49-18-35(64)51-31(19-58)43(73)55-30(46(76)77)14-23-5-9-25(61)10-6-23/h3-10,21,26-32,38,58-61H,11-20,47H2,1-2H3,(H2,48,62)(H,49,63)(H,50,70)(H,51,64)(H,52,72)(H,53,71)(H,54,75)(H,55,73)(H,56,69)(H,57,74)(H,65,66)(H,67,68)(H,76,77)/t26-,27-,28-,29-,30-,31-,32-,38-/m0/s1. The Morgan fingerprint density at radius 2 is 0.883 bits per heavy atom. The third-order valence-corrected chi connectivity index (χ3v) is 10.8. The van der Waals surface area contributed by atoms with Gasteiger partial charge in [-0.05, 0) is 47.7 Å². The number of phenolic OH excluding ortho intramolecular Hbond substituents is 2. The van der Waals surface area contributed by atoms with Crippen molar-refractivity contribution in [2.75, 3.05) is 26.3 Å². The van der Waals surface area contributed by atoms with E-state index < -0.39 is 177 Å². The predicted octanol–water partition coefficient (Wildman–Crippen LogP) is -7.22. The molecule has 0 aliphatic heterocycles. The van der Waals surface area contributed by atoms with Crippen molar-refractivity contribution >= 4 is 77.0 Å². The fourth-order valence-corrected chi connectivity index (χ4v) is 6.65. The normalized spacial score (nSPS) is 13.9. The number of aromatic hydroxyl groups is 2. The molecule has 0 unspecified atom stereocenters. The number of amides is 10. The second-order valence-electron chi connectivity index (χ2n) is 17.4. The molecular weight excluding hydrogens is 1030 g/mol. The number of carboxylic acids is 3. The van der Waals surface area contributed by atoms with Crippen LogP contribution in [-0.4, -0.2) is 187 Å². The van der Waals surface area contributed by atoms with Gasteiger partial charge in [0.2, 0.25) is 59.1 Å². The maximum absolute atomic E-state index is 13.9. The number of hydrogen-bond acceptors (Lipinski definition) is 18. The van der Waals surface area contributed by atoms with Gasteiger partial charge in [0, 0.05) is 19.3 Å². The van der Waals surface area contributed by atoms with E-state index in [-0.39, 0.29) is 36.3 Å². The Morgan fingerprint density at radius 3 is 1.36 bits per heavy atom. The molecule has 2 rings (SSSR count). The van der Waals surface area contributed by atoms with Gasteiger partial charge in [-0.15, -0.1) is 0 Å². The van der Waals surface area contributed by atoms with E-state index in [1.807, 2.05) is 0 Å². The monoisotopic (exact) mass is 1090 g/mol. The second-order valence-corrected chi connectivity index (χ2v) is 17.4. The second kappa shape index (κ2) is 31.7. The Morgan fingerprint density at radius 1 is 0.481 bits per heavy atom. The lowest BCUT2D eigenvalue weighted by atomic mass is 10.0. The highest BCUT2D eigenvalue weighted by Gasteiger charge is 2.36. The van der Waals surface area contributed by atoms with E-state index in [0.717, 1.165) is 0 Å². The van der Waals surface area contributed by atoms with Crippen molar-refractivity contribution in [3.8, 4) is 11.5 Å². The van der Waals surface area contributed by atoms with Crippen LogP contribution >= 0.6 is 0 Å². The SMILES string of the molecule is CC(C)[C@H](NC(=O)[C@H](CO)NC(=O)[C@@H](N)CCC(N)=O)C(=O)N[C@@H](CC(=O)O)C(=O)N[C@@H](Cc1ccc(O)cc1)C(=O)N[C@@H](CC(=O)O)C(=O)NCC(=O)NCC(=O)N[C@@H](CO)C(=O)N[C@@H](Cc1ccc(O)cc1)C(=O)O. The van der Waals surface area contributed by atoms with Gasteiger partial charge in [0.15, 0.2) is 0 Å². The van der Waals surface area contributed by atoms with Gasteiger partial charge in [-0.1, -0.05) is 38.1 Å². The number of aliphatic hydroxyl groups is 2. The number of aliphatic carboxylic acids is 3. The molecule has 0 fully saturated rings. The van der Waals surface area contributed by atoms with Crippen LogP contribution < -0.4 is 59.3 Å². The summed E-state index contributed by atoms with van der Waals surface area (Å²) in [4.78, 5) is 165. The smallest absolute Gasteiger partial charge is 0.326 e. The largest absolute Gasteiger partial charge is 0.508 e. The molecule has 31 heteroatoms. The molecule has 31 nitrogen and oxygen atoms in total. The summed E-state index contributed by atoms with van der Waals surface area (Å²) in [6.45, 7) is -0.985. The summed E-state index contributed by atoms with van der Waals surface area (Å²) in [6, 6.07) is -3.25. The number of aliphatic hydroxyl groups excluding tert-OH is 2. The van der Waals surface area contributed by atoms with Gasteiger partial charge in [-0.2, -0.15) is 0 Å². The number of carbonyl (C=O) groups is 13. The van der Waals surface area contributed by atoms with Gasteiger partial charge in [-0.3, -0.25) is 57.5 Å². The lowest BCUT2D eigenvalue weighted by Crippen LogP contribution is -2.61. The Balaban J connectivity index is 2.20. The summed E-state index contributed by atoms with van der Waals surface area (Å²) in [6.07, 6.45) is -3.48. The zero-order chi connectivity index (χ0) is 58.1. The average Bonchev–Trinajstić information content (AvgIpc) is 3.36. The Bertz CT molecular complexity index is 2460. The first kappa shape index (κ1) is 64.1. The van der Waals surface area contributed by atoms with E-state index in [0.29, 0.717) is 5.56 Å². The van der Waals surface area contributed by atoms with Gasteiger partial charge >= 0.3 is 17.9 Å². The summed E-state index contributed by atoms with van der Waals surface area (Å²) in [7, 11) is 0. The van der Waals surface area contributed by atoms with Crippen LogP contribution in [0.25, 0.3) is 0 Å². The number of rotatable bonds is 33. The molecule has 2 aromatic rings. The molecule has 20 N–H and O–H groups in total. The molecule has 77 heavy (non-hydrogen) atoms. The number of carboxylic acid groups (broad SMARTS) is 3. The molecule has 0 bridgehead atoms. The minimum atomic E-state index is -2.01. The van der Waals surface area contributed by atoms with Crippen molar-refractivity contribution in [2.45, 2.75) is 101 Å². The van der Waals surface area contributed by atoms with E-state index >= 15 is 0 Å². The fraction of sp³-hybridized carbons (Fsp3) is 0.457. The van der Waals surface area contributed by atoms with Crippen LogP contribution in [0.2, 0.25) is 0 Å². The number of nitrogens with two attached hydrogens (primary N) is 2. The maximum atomic E-state index is 13.9. The molecule has 0 saturated heterocycles. The molecule has 0 heterocycles. The highest BCUT2D eigenvalue weighted by molar-refractivity contribution is 5.99. The van der Waals surface area contributed by atoms with Crippen molar-refractivity contribution in [1.82, 2.24) is 47.9 Å². The predicted molar refractivity (Wildman–Crippen MR) is 261 cm³/mol. The zero-order valence-corrected chi connectivity index (χ0v) is 41.5. The summed E-state index contributed by atoms with van der Waals surface area (Å²) >= 11 is 0. The minimum absolute atomic E-state index is 0.0946. The number of nitrogens with one attached hydrogen (secondary N) is 9. The van der Waals surface area contributed by atoms with E-state index in [1.165, 1.54) is 62.4 Å². The minimum Gasteiger partial charge on any atom is -0.508 e. The number of carbonyl (C=O) groups excluding carboxylic acids is 10. The zero-order valence-electron chi connectivity index (χ0n) is 41.5. The fourth-order valence-electron chi connectivity index (χ4n) is 6.65. The number of hydrogen-bond donors (Lipinski definition) is 18. The molecule has 8 atom stereocenters.